The molecule has 1 N–H and O–H groups in total. The Morgan fingerprint density at radius 2 is 1.96 bits per heavy atom. The fourth-order valence-electron chi connectivity index (χ4n) is 3.38. The van der Waals surface area contributed by atoms with Crippen molar-refractivity contribution in [2.45, 2.75) is 24.9 Å². The molecule has 1 saturated heterocycles. The Labute approximate surface area is 154 Å². The van der Waals surface area contributed by atoms with Crippen molar-refractivity contribution in [2.24, 2.45) is 0 Å². The average molecular weight is 364 g/mol. The number of benzene rings is 1. The lowest BCUT2D eigenvalue weighted by Crippen LogP contribution is -2.49. The summed E-state index contributed by atoms with van der Waals surface area (Å²) in [6.07, 6.45) is 1.48. The van der Waals surface area contributed by atoms with Crippen LogP contribution in [0.2, 0.25) is 0 Å². The number of carbonyl (C=O) groups excluding carboxylic acids is 2. The van der Waals surface area contributed by atoms with Gasteiger partial charge in [0.1, 0.15) is 11.9 Å². The minimum absolute atomic E-state index is 0.0189. The molecule has 1 heterocycles. The molecule has 2 atom stereocenters. The monoisotopic (exact) mass is 364 g/mol. The number of halogens is 1. The number of carbonyl (C=O) groups is 2. The third-order valence-corrected chi connectivity index (χ3v) is 4.86. The van der Waals surface area contributed by atoms with E-state index in [0.717, 1.165) is 13.0 Å². The van der Waals surface area contributed by atoms with E-state index < -0.39 is 17.9 Å². The Kier molecular flexibility index (Phi) is 7.11. The molecule has 2 rings (SSSR count). The van der Waals surface area contributed by atoms with Gasteiger partial charge in [0.05, 0.1) is 6.04 Å². The standard InChI is InChI=1S/C19H29FN4O2/c1-21-18(25)17(14-8-5-6-9-15(14)20)24-11-7-10-16(24)19(26)23(4)13-12-22(2)3/h5-6,8-9,16-17H,7,10-13H2,1-4H3,(H,21,25)/t16-,17+/m0/s1. The summed E-state index contributed by atoms with van der Waals surface area (Å²) in [6.45, 7) is 1.96. The van der Waals surface area contributed by atoms with E-state index in [1.165, 1.54) is 13.1 Å². The van der Waals surface area contributed by atoms with Gasteiger partial charge < -0.3 is 15.1 Å². The highest BCUT2D eigenvalue weighted by molar-refractivity contribution is 5.86. The summed E-state index contributed by atoms with van der Waals surface area (Å²) < 4.78 is 14.4. The molecule has 144 valence electrons. The van der Waals surface area contributed by atoms with Gasteiger partial charge in [-0.2, -0.15) is 0 Å². The molecule has 0 spiro atoms. The van der Waals surface area contributed by atoms with Crippen molar-refractivity contribution in [1.82, 2.24) is 20.0 Å². The summed E-state index contributed by atoms with van der Waals surface area (Å²) in [7, 11) is 7.23. The quantitative estimate of drug-likeness (QED) is 0.787. The van der Waals surface area contributed by atoms with Gasteiger partial charge in [-0.1, -0.05) is 18.2 Å². The predicted molar refractivity (Wildman–Crippen MR) is 99.1 cm³/mol. The second kappa shape index (κ2) is 9.09. The van der Waals surface area contributed by atoms with Gasteiger partial charge in [0.2, 0.25) is 11.8 Å². The number of nitrogens with one attached hydrogen (secondary N) is 1. The van der Waals surface area contributed by atoms with Gasteiger partial charge >= 0.3 is 0 Å². The number of likely N-dealkylation sites (N-methyl/N-ethyl adjacent to an activating group) is 3. The molecular weight excluding hydrogens is 335 g/mol. The number of rotatable bonds is 7. The van der Waals surface area contributed by atoms with Crippen molar-refractivity contribution in [3.8, 4) is 0 Å². The highest BCUT2D eigenvalue weighted by atomic mass is 19.1. The summed E-state index contributed by atoms with van der Waals surface area (Å²) in [5.74, 6) is -0.750. The van der Waals surface area contributed by atoms with Crippen LogP contribution in [-0.2, 0) is 9.59 Å². The van der Waals surface area contributed by atoms with E-state index in [-0.39, 0.29) is 11.8 Å². The lowest BCUT2D eigenvalue weighted by molar-refractivity contribution is -0.137. The third kappa shape index (κ3) is 4.59. The lowest BCUT2D eigenvalue weighted by Gasteiger charge is -2.33. The average Bonchev–Trinajstić information content (AvgIpc) is 3.09. The second-order valence-electron chi connectivity index (χ2n) is 7.00. The fourth-order valence-corrected chi connectivity index (χ4v) is 3.38. The summed E-state index contributed by atoms with van der Waals surface area (Å²) >= 11 is 0. The van der Waals surface area contributed by atoms with Gasteiger partial charge in [-0.15, -0.1) is 0 Å². The van der Waals surface area contributed by atoms with Crippen LogP contribution in [0.15, 0.2) is 24.3 Å². The van der Waals surface area contributed by atoms with Gasteiger partial charge in [-0.05, 0) is 33.0 Å². The van der Waals surface area contributed by atoms with E-state index in [2.05, 4.69) is 5.32 Å². The molecule has 26 heavy (non-hydrogen) atoms. The lowest BCUT2D eigenvalue weighted by atomic mass is 10.0. The van der Waals surface area contributed by atoms with Crippen molar-refractivity contribution in [3.05, 3.63) is 35.6 Å². The van der Waals surface area contributed by atoms with Crippen LogP contribution in [0.4, 0.5) is 4.39 Å². The van der Waals surface area contributed by atoms with Crippen LogP contribution in [0.3, 0.4) is 0 Å². The highest BCUT2D eigenvalue weighted by Crippen LogP contribution is 2.32. The number of hydrogen-bond donors (Lipinski definition) is 1. The molecule has 1 fully saturated rings. The molecule has 1 aliphatic rings. The Balaban J connectivity index is 2.25. The molecule has 7 heteroatoms. The number of nitrogens with zero attached hydrogens (tertiary/aromatic N) is 3. The SMILES string of the molecule is CNC(=O)[C@@H](c1ccccc1F)N1CCC[C@H]1C(=O)N(C)CCN(C)C. The van der Waals surface area contributed by atoms with Gasteiger partial charge in [0.25, 0.3) is 0 Å². The molecule has 0 radical (unpaired) electrons. The Bertz CT molecular complexity index is 638. The molecule has 0 unspecified atom stereocenters. The van der Waals surface area contributed by atoms with E-state index in [1.807, 2.05) is 23.9 Å². The zero-order valence-corrected chi connectivity index (χ0v) is 16.0. The zero-order chi connectivity index (χ0) is 19.3. The minimum atomic E-state index is -0.806. The molecule has 0 aromatic heterocycles. The van der Waals surface area contributed by atoms with E-state index >= 15 is 0 Å². The van der Waals surface area contributed by atoms with Crippen molar-refractivity contribution < 1.29 is 14.0 Å². The molecule has 1 aromatic carbocycles. The predicted octanol–water partition coefficient (Wildman–Crippen LogP) is 1.10. The second-order valence-corrected chi connectivity index (χ2v) is 7.00. The maximum atomic E-state index is 14.4. The van der Waals surface area contributed by atoms with E-state index in [9.17, 15) is 14.0 Å². The van der Waals surface area contributed by atoms with E-state index in [4.69, 9.17) is 0 Å². The fraction of sp³-hybridized carbons (Fsp3) is 0.579. The van der Waals surface area contributed by atoms with Gasteiger partial charge in [0.15, 0.2) is 0 Å². The summed E-state index contributed by atoms with van der Waals surface area (Å²) in [4.78, 5) is 31.0. The normalized spacial score (nSPS) is 18.8. The molecule has 0 aliphatic carbocycles. The van der Waals surface area contributed by atoms with E-state index in [1.54, 1.807) is 30.1 Å². The number of hydrogen-bond acceptors (Lipinski definition) is 4. The minimum Gasteiger partial charge on any atom is -0.358 e. The Morgan fingerprint density at radius 3 is 2.58 bits per heavy atom. The molecular formula is C19H29FN4O2. The summed E-state index contributed by atoms with van der Waals surface area (Å²) in [6, 6.07) is 5.06. The number of likely N-dealkylation sites (tertiary alicyclic amines) is 1. The largest absolute Gasteiger partial charge is 0.358 e. The highest BCUT2D eigenvalue weighted by Gasteiger charge is 2.40. The first-order chi connectivity index (χ1) is 12.4. The van der Waals surface area contributed by atoms with Crippen molar-refractivity contribution >= 4 is 11.8 Å². The smallest absolute Gasteiger partial charge is 0.241 e. The first-order valence-corrected chi connectivity index (χ1v) is 8.98. The molecule has 2 amide bonds. The summed E-state index contributed by atoms with van der Waals surface area (Å²) in [5.41, 5.74) is 0.308. The maximum absolute atomic E-state index is 14.4. The van der Waals surface area contributed by atoms with Crippen molar-refractivity contribution in [2.75, 3.05) is 47.8 Å². The van der Waals surface area contributed by atoms with E-state index in [0.29, 0.717) is 25.1 Å². The van der Waals surface area contributed by atoms with Crippen LogP contribution in [0, 0.1) is 5.82 Å². The Morgan fingerprint density at radius 1 is 1.27 bits per heavy atom. The molecule has 0 saturated carbocycles. The van der Waals surface area contributed by atoms with Crippen LogP contribution in [0.25, 0.3) is 0 Å². The van der Waals surface area contributed by atoms with Crippen LogP contribution in [0.5, 0.6) is 0 Å². The summed E-state index contributed by atoms with van der Waals surface area (Å²) in [5, 5.41) is 2.62. The van der Waals surface area contributed by atoms with Crippen molar-refractivity contribution in [1.29, 1.82) is 0 Å². The van der Waals surface area contributed by atoms with Crippen LogP contribution in [-0.4, -0.2) is 80.4 Å². The van der Waals surface area contributed by atoms with Crippen molar-refractivity contribution in [3.63, 3.8) is 0 Å². The van der Waals surface area contributed by atoms with Crippen LogP contribution in [0.1, 0.15) is 24.4 Å². The third-order valence-electron chi connectivity index (χ3n) is 4.86. The molecule has 1 aliphatic heterocycles. The zero-order valence-electron chi connectivity index (χ0n) is 16.0. The number of amides is 2. The van der Waals surface area contributed by atoms with Crippen LogP contribution < -0.4 is 5.32 Å². The molecule has 0 bridgehead atoms. The van der Waals surface area contributed by atoms with Crippen LogP contribution >= 0.6 is 0 Å². The first kappa shape index (κ1) is 20.3. The van der Waals surface area contributed by atoms with Gasteiger partial charge in [0, 0.05) is 39.3 Å². The van der Waals surface area contributed by atoms with Gasteiger partial charge in [-0.25, -0.2) is 4.39 Å². The Hall–Kier alpha value is -1.99. The molecule has 1 aromatic rings. The first-order valence-electron chi connectivity index (χ1n) is 8.98. The maximum Gasteiger partial charge on any atom is 0.241 e. The molecule has 6 nitrogen and oxygen atoms in total. The topological polar surface area (TPSA) is 55.9 Å². The van der Waals surface area contributed by atoms with Gasteiger partial charge in [-0.3, -0.25) is 14.5 Å².